The van der Waals surface area contributed by atoms with E-state index in [-0.39, 0.29) is 19.2 Å². The van der Waals surface area contributed by atoms with Crippen LogP contribution in [-0.2, 0) is 18.0 Å². The second kappa shape index (κ2) is 7.39. The normalized spacial score (nSPS) is 13.2. The SMILES string of the molecule is Fc1ccc(-c2noc3cc(OCc4cc(Cl)cc5c4OCOC5)ccc23)cc1. The van der Waals surface area contributed by atoms with Crippen LogP contribution in [-0.4, -0.2) is 11.9 Å². The summed E-state index contributed by atoms with van der Waals surface area (Å²) in [5, 5.41) is 5.55. The third kappa shape index (κ3) is 3.52. The van der Waals surface area contributed by atoms with Crippen molar-refractivity contribution in [3.8, 4) is 22.8 Å². The van der Waals surface area contributed by atoms with Gasteiger partial charge in [-0.25, -0.2) is 4.39 Å². The molecule has 3 aromatic carbocycles. The van der Waals surface area contributed by atoms with Crippen LogP contribution < -0.4 is 9.47 Å². The van der Waals surface area contributed by atoms with Gasteiger partial charge in [0.15, 0.2) is 12.4 Å². The molecule has 0 amide bonds. The van der Waals surface area contributed by atoms with Gasteiger partial charge in [-0.2, -0.15) is 0 Å². The van der Waals surface area contributed by atoms with E-state index in [0.29, 0.717) is 28.7 Å². The summed E-state index contributed by atoms with van der Waals surface area (Å²) in [6.07, 6.45) is 0. The molecular weight excluding hydrogens is 397 g/mol. The molecule has 1 aliphatic heterocycles. The Morgan fingerprint density at radius 2 is 1.93 bits per heavy atom. The second-order valence-electron chi connectivity index (χ2n) is 6.65. The number of benzene rings is 3. The lowest BCUT2D eigenvalue weighted by molar-refractivity contribution is -0.0175. The number of nitrogens with zero attached hydrogens (tertiary/aromatic N) is 1. The summed E-state index contributed by atoms with van der Waals surface area (Å²) in [6, 6.07) is 15.3. The van der Waals surface area contributed by atoms with Crippen LogP contribution in [0.3, 0.4) is 0 Å². The molecule has 1 aromatic heterocycles. The Labute approximate surface area is 170 Å². The van der Waals surface area contributed by atoms with Gasteiger partial charge in [0.05, 0.1) is 6.61 Å². The van der Waals surface area contributed by atoms with E-state index in [9.17, 15) is 4.39 Å². The van der Waals surface area contributed by atoms with Crippen molar-refractivity contribution in [1.82, 2.24) is 5.16 Å². The molecule has 0 radical (unpaired) electrons. The Morgan fingerprint density at radius 1 is 1.07 bits per heavy atom. The summed E-state index contributed by atoms with van der Waals surface area (Å²) < 4.78 is 35.5. The molecule has 0 unspecified atom stereocenters. The van der Waals surface area contributed by atoms with Gasteiger partial charge in [0, 0.05) is 33.2 Å². The molecule has 0 aliphatic carbocycles. The van der Waals surface area contributed by atoms with Crippen LogP contribution in [0.1, 0.15) is 11.1 Å². The average molecular weight is 412 g/mol. The van der Waals surface area contributed by atoms with Crippen molar-refractivity contribution in [3.63, 3.8) is 0 Å². The predicted octanol–water partition coefficient (Wildman–Crippen LogP) is 5.73. The van der Waals surface area contributed by atoms with Crippen molar-refractivity contribution < 1.29 is 23.1 Å². The minimum atomic E-state index is -0.295. The molecule has 29 heavy (non-hydrogen) atoms. The van der Waals surface area contributed by atoms with Crippen molar-refractivity contribution in [2.75, 3.05) is 6.79 Å². The number of hydrogen-bond donors (Lipinski definition) is 0. The minimum Gasteiger partial charge on any atom is -0.489 e. The zero-order valence-electron chi connectivity index (χ0n) is 15.2. The number of aromatic nitrogens is 1. The molecule has 5 rings (SSSR count). The molecule has 4 aromatic rings. The number of ether oxygens (including phenoxy) is 3. The average Bonchev–Trinajstić information content (AvgIpc) is 3.15. The molecule has 7 heteroatoms. The third-order valence-corrected chi connectivity index (χ3v) is 4.93. The highest BCUT2D eigenvalue weighted by Crippen LogP contribution is 2.34. The molecule has 0 saturated carbocycles. The quantitative estimate of drug-likeness (QED) is 0.429. The zero-order chi connectivity index (χ0) is 19.8. The molecule has 5 nitrogen and oxygen atoms in total. The van der Waals surface area contributed by atoms with Gasteiger partial charge in [-0.15, -0.1) is 0 Å². The lowest BCUT2D eigenvalue weighted by Crippen LogP contribution is -2.14. The van der Waals surface area contributed by atoms with Crippen molar-refractivity contribution in [2.24, 2.45) is 0 Å². The van der Waals surface area contributed by atoms with Crippen LogP contribution in [0.15, 0.2) is 59.1 Å². The van der Waals surface area contributed by atoms with Crippen LogP contribution >= 0.6 is 11.6 Å². The van der Waals surface area contributed by atoms with Crippen molar-refractivity contribution >= 4 is 22.6 Å². The Morgan fingerprint density at radius 3 is 2.79 bits per heavy atom. The molecular formula is C22H15ClFNO4. The summed E-state index contributed by atoms with van der Waals surface area (Å²) in [5.74, 6) is 1.08. The first kappa shape index (κ1) is 18.0. The number of halogens is 2. The summed E-state index contributed by atoms with van der Waals surface area (Å²) in [6.45, 7) is 0.949. The van der Waals surface area contributed by atoms with Gasteiger partial charge < -0.3 is 18.7 Å². The second-order valence-corrected chi connectivity index (χ2v) is 7.08. The largest absolute Gasteiger partial charge is 0.489 e. The molecule has 0 atom stereocenters. The van der Waals surface area contributed by atoms with Gasteiger partial charge in [-0.3, -0.25) is 0 Å². The highest BCUT2D eigenvalue weighted by molar-refractivity contribution is 6.30. The third-order valence-electron chi connectivity index (χ3n) is 4.71. The van der Waals surface area contributed by atoms with Crippen molar-refractivity contribution in [3.05, 3.63) is 76.6 Å². The maximum Gasteiger partial charge on any atom is 0.189 e. The minimum absolute atomic E-state index is 0.206. The van der Waals surface area contributed by atoms with Crippen LogP contribution in [0.4, 0.5) is 4.39 Å². The van der Waals surface area contributed by atoms with E-state index in [4.69, 9.17) is 30.3 Å². The van der Waals surface area contributed by atoms with Crippen LogP contribution in [0, 0.1) is 5.82 Å². The molecule has 0 saturated heterocycles. The molecule has 0 fully saturated rings. The first-order valence-corrected chi connectivity index (χ1v) is 9.35. The Bertz CT molecular complexity index is 1190. The van der Waals surface area contributed by atoms with E-state index in [1.165, 1.54) is 12.1 Å². The van der Waals surface area contributed by atoms with Gasteiger partial charge in [-0.1, -0.05) is 16.8 Å². The Balaban J connectivity index is 1.40. The first-order chi connectivity index (χ1) is 14.2. The maximum atomic E-state index is 13.2. The first-order valence-electron chi connectivity index (χ1n) is 8.97. The van der Waals surface area contributed by atoms with E-state index in [0.717, 1.165) is 27.8 Å². The topological polar surface area (TPSA) is 53.7 Å². The number of fused-ring (bicyclic) bond motifs is 2. The van der Waals surface area contributed by atoms with Crippen molar-refractivity contribution in [1.29, 1.82) is 0 Å². The van der Waals surface area contributed by atoms with Crippen molar-refractivity contribution in [2.45, 2.75) is 13.2 Å². The van der Waals surface area contributed by atoms with Gasteiger partial charge in [0.1, 0.15) is 29.6 Å². The molecule has 2 heterocycles. The molecule has 0 bridgehead atoms. The fourth-order valence-electron chi connectivity index (χ4n) is 3.35. The number of rotatable bonds is 4. The maximum absolute atomic E-state index is 13.2. The predicted molar refractivity (Wildman–Crippen MR) is 105 cm³/mol. The molecule has 146 valence electrons. The fraction of sp³-hybridized carbons (Fsp3) is 0.136. The van der Waals surface area contributed by atoms with E-state index < -0.39 is 0 Å². The zero-order valence-corrected chi connectivity index (χ0v) is 15.9. The fourth-order valence-corrected chi connectivity index (χ4v) is 3.61. The van der Waals surface area contributed by atoms with Gasteiger partial charge in [-0.05, 0) is 48.5 Å². The standard InChI is InChI=1S/C22H15ClFNO4/c23-16-7-14-10-26-12-28-22(14)15(8-16)11-27-18-5-6-19-20(9-18)29-25-21(19)13-1-3-17(24)4-2-13/h1-9H,10-12H2. The Kier molecular flexibility index (Phi) is 4.58. The van der Waals surface area contributed by atoms with Crippen LogP contribution in [0.25, 0.3) is 22.2 Å². The van der Waals surface area contributed by atoms with E-state index in [2.05, 4.69) is 5.16 Å². The molecule has 0 spiro atoms. The Hall–Kier alpha value is -3.09. The van der Waals surface area contributed by atoms with E-state index in [1.807, 2.05) is 24.3 Å². The summed E-state index contributed by atoms with van der Waals surface area (Å²) in [4.78, 5) is 0. The highest BCUT2D eigenvalue weighted by Gasteiger charge is 2.17. The molecule has 0 N–H and O–H groups in total. The summed E-state index contributed by atoms with van der Waals surface area (Å²) >= 11 is 6.20. The molecule has 1 aliphatic rings. The lowest BCUT2D eigenvalue weighted by Gasteiger charge is -2.21. The van der Waals surface area contributed by atoms with E-state index in [1.54, 1.807) is 18.2 Å². The smallest absolute Gasteiger partial charge is 0.189 e. The van der Waals surface area contributed by atoms with Gasteiger partial charge in [0.25, 0.3) is 0 Å². The highest BCUT2D eigenvalue weighted by atomic mass is 35.5. The summed E-state index contributed by atoms with van der Waals surface area (Å²) in [5.41, 5.74) is 3.77. The lowest BCUT2D eigenvalue weighted by atomic mass is 10.1. The van der Waals surface area contributed by atoms with Gasteiger partial charge >= 0.3 is 0 Å². The van der Waals surface area contributed by atoms with Gasteiger partial charge in [0.2, 0.25) is 0 Å². The monoisotopic (exact) mass is 411 g/mol. The van der Waals surface area contributed by atoms with Crippen LogP contribution in [0.5, 0.6) is 11.5 Å². The van der Waals surface area contributed by atoms with E-state index >= 15 is 0 Å². The number of hydrogen-bond acceptors (Lipinski definition) is 5. The van der Waals surface area contributed by atoms with Crippen LogP contribution in [0.2, 0.25) is 5.02 Å². The summed E-state index contributed by atoms with van der Waals surface area (Å²) in [7, 11) is 0.